The number of methoxy groups -OCH3 is 1. The van der Waals surface area contributed by atoms with Gasteiger partial charge < -0.3 is 4.74 Å². The topological polar surface area (TPSA) is 9.23 Å². The third kappa shape index (κ3) is 2.23. The molecule has 0 aromatic heterocycles. The van der Waals surface area contributed by atoms with Gasteiger partial charge in [0, 0.05) is 6.92 Å². The van der Waals surface area contributed by atoms with Crippen molar-refractivity contribution in [1.82, 2.24) is 0 Å². The average Bonchev–Trinajstić information content (AvgIpc) is 2.38. The summed E-state index contributed by atoms with van der Waals surface area (Å²) in [4.78, 5) is 0. The lowest BCUT2D eigenvalue weighted by molar-refractivity contribution is -0.0777. The molecule has 1 fully saturated rings. The lowest BCUT2D eigenvalue weighted by Crippen LogP contribution is -2.44. The van der Waals surface area contributed by atoms with Gasteiger partial charge >= 0.3 is 0 Å². The summed E-state index contributed by atoms with van der Waals surface area (Å²) in [6.45, 7) is 1.06. The Bertz CT molecular complexity index is 386. The number of hydrogen-bond donors (Lipinski definition) is 0. The van der Waals surface area contributed by atoms with E-state index in [1.54, 1.807) is 31.4 Å². The minimum Gasteiger partial charge on any atom is -0.497 e. The molecule has 1 aromatic rings. The van der Waals surface area contributed by atoms with E-state index in [-0.39, 0.29) is 0 Å². The van der Waals surface area contributed by atoms with Crippen LogP contribution in [0.5, 0.6) is 5.75 Å². The van der Waals surface area contributed by atoms with Crippen molar-refractivity contribution in [3.05, 3.63) is 29.8 Å². The van der Waals surface area contributed by atoms with Crippen molar-refractivity contribution in [3.63, 3.8) is 0 Å². The zero-order valence-electron chi connectivity index (χ0n) is 11.0. The first-order chi connectivity index (χ1) is 8.49. The summed E-state index contributed by atoms with van der Waals surface area (Å²) in [7, 11) is 1.58. The molecular formula is C15H20F2O. The maximum atomic E-state index is 14.1. The lowest BCUT2D eigenvalue weighted by atomic mass is 9.66. The Kier molecular flexibility index (Phi) is 3.60. The zero-order valence-corrected chi connectivity index (χ0v) is 11.0. The first kappa shape index (κ1) is 13.3. The Hall–Kier alpha value is -1.12. The van der Waals surface area contributed by atoms with Gasteiger partial charge in [0.2, 0.25) is 0 Å². The number of rotatable bonds is 3. The van der Waals surface area contributed by atoms with Crippen molar-refractivity contribution >= 4 is 0 Å². The minimum atomic E-state index is -2.68. The fraction of sp³-hybridized carbons (Fsp3) is 0.600. The van der Waals surface area contributed by atoms with Gasteiger partial charge in [0.15, 0.2) is 0 Å². The molecule has 0 radical (unpaired) electrons. The molecule has 1 nitrogen and oxygen atoms in total. The fourth-order valence-electron chi connectivity index (χ4n) is 3.05. The summed E-state index contributed by atoms with van der Waals surface area (Å²) >= 11 is 0. The molecule has 2 rings (SSSR count). The van der Waals surface area contributed by atoms with Crippen molar-refractivity contribution < 1.29 is 13.5 Å². The van der Waals surface area contributed by atoms with Gasteiger partial charge in [-0.25, -0.2) is 8.78 Å². The highest BCUT2D eigenvalue weighted by Gasteiger charge is 2.51. The number of halogens is 2. The van der Waals surface area contributed by atoms with Crippen LogP contribution >= 0.6 is 0 Å². The number of ether oxygens (including phenoxy) is 1. The summed E-state index contributed by atoms with van der Waals surface area (Å²) < 4.78 is 33.3. The molecular weight excluding hydrogens is 234 g/mol. The van der Waals surface area contributed by atoms with Gasteiger partial charge in [-0.15, -0.1) is 0 Å². The molecule has 1 aliphatic carbocycles. The summed E-state index contributed by atoms with van der Waals surface area (Å²) in [5.41, 5.74) is -0.243. The maximum Gasteiger partial charge on any atom is 0.254 e. The van der Waals surface area contributed by atoms with Crippen LogP contribution in [0.4, 0.5) is 8.78 Å². The van der Waals surface area contributed by atoms with Crippen molar-refractivity contribution in [1.29, 1.82) is 0 Å². The van der Waals surface area contributed by atoms with Crippen LogP contribution in [0.2, 0.25) is 0 Å². The number of alkyl halides is 2. The van der Waals surface area contributed by atoms with Crippen LogP contribution in [0.25, 0.3) is 0 Å². The highest BCUT2D eigenvalue weighted by atomic mass is 19.3. The zero-order chi connectivity index (χ0) is 13.2. The van der Waals surface area contributed by atoms with Crippen LogP contribution in [0.1, 0.15) is 44.6 Å². The first-order valence-electron chi connectivity index (χ1n) is 6.52. The standard InChI is InChI=1S/C15H20F2O/c1-14(16,17)15(10-4-3-5-11-15)12-6-8-13(18-2)9-7-12/h6-9H,3-5,10-11H2,1-2H3. The van der Waals surface area contributed by atoms with E-state index in [9.17, 15) is 8.78 Å². The Morgan fingerprint density at radius 1 is 1.06 bits per heavy atom. The summed E-state index contributed by atoms with van der Waals surface area (Å²) in [6, 6.07) is 7.14. The van der Waals surface area contributed by atoms with Crippen LogP contribution < -0.4 is 4.74 Å². The molecule has 1 aliphatic rings. The smallest absolute Gasteiger partial charge is 0.254 e. The van der Waals surface area contributed by atoms with Gasteiger partial charge in [0.1, 0.15) is 5.75 Å². The molecule has 1 saturated carbocycles. The van der Waals surface area contributed by atoms with Crippen LogP contribution in [0.15, 0.2) is 24.3 Å². The van der Waals surface area contributed by atoms with Gasteiger partial charge in [-0.05, 0) is 30.5 Å². The van der Waals surface area contributed by atoms with Crippen LogP contribution in [-0.4, -0.2) is 13.0 Å². The normalized spacial score (nSPS) is 19.6. The van der Waals surface area contributed by atoms with Crippen LogP contribution in [0, 0.1) is 0 Å². The molecule has 0 bridgehead atoms. The predicted octanol–water partition coefficient (Wildman–Crippen LogP) is 4.55. The maximum absolute atomic E-state index is 14.1. The van der Waals surface area contributed by atoms with E-state index in [2.05, 4.69) is 0 Å². The van der Waals surface area contributed by atoms with Crippen molar-refractivity contribution in [2.24, 2.45) is 0 Å². The van der Waals surface area contributed by atoms with Crippen molar-refractivity contribution in [2.75, 3.05) is 7.11 Å². The second-order valence-corrected chi connectivity index (χ2v) is 5.26. The second kappa shape index (κ2) is 4.87. The first-order valence-corrected chi connectivity index (χ1v) is 6.52. The van der Waals surface area contributed by atoms with Crippen molar-refractivity contribution in [2.45, 2.75) is 50.4 Å². The van der Waals surface area contributed by atoms with E-state index in [0.717, 1.165) is 31.7 Å². The molecule has 0 saturated heterocycles. The average molecular weight is 254 g/mol. The molecule has 1 aromatic carbocycles. The summed E-state index contributed by atoms with van der Waals surface area (Å²) in [6.07, 6.45) is 3.98. The number of hydrogen-bond acceptors (Lipinski definition) is 1. The molecule has 18 heavy (non-hydrogen) atoms. The Balaban J connectivity index is 2.39. The van der Waals surface area contributed by atoms with Crippen LogP contribution in [-0.2, 0) is 5.41 Å². The minimum absolute atomic E-state index is 0.572. The molecule has 0 aliphatic heterocycles. The summed E-state index contributed by atoms with van der Waals surface area (Å²) in [5.74, 6) is -1.97. The lowest BCUT2D eigenvalue weighted by Gasteiger charge is -2.42. The van der Waals surface area contributed by atoms with E-state index >= 15 is 0 Å². The quantitative estimate of drug-likeness (QED) is 0.768. The third-order valence-corrected chi connectivity index (χ3v) is 4.19. The highest BCUT2D eigenvalue weighted by Crippen LogP contribution is 2.49. The van der Waals surface area contributed by atoms with E-state index in [1.807, 2.05) is 0 Å². The molecule has 0 heterocycles. The molecule has 0 amide bonds. The van der Waals surface area contributed by atoms with Gasteiger partial charge in [0.05, 0.1) is 12.5 Å². The highest BCUT2D eigenvalue weighted by molar-refractivity contribution is 5.34. The SMILES string of the molecule is COc1ccc(C2(C(C)(F)F)CCCCC2)cc1. The van der Waals surface area contributed by atoms with E-state index < -0.39 is 11.3 Å². The molecule has 3 heteroatoms. The van der Waals surface area contributed by atoms with Gasteiger partial charge in [-0.3, -0.25) is 0 Å². The van der Waals surface area contributed by atoms with Gasteiger partial charge in [-0.2, -0.15) is 0 Å². The van der Waals surface area contributed by atoms with Gasteiger partial charge in [-0.1, -0.05) is 31.4 Å². The molecule has 0 atom stereocenters. The fourth-order valence-corrected chi connectivity index (χ4v) is 3.05. The van der Waals surface area contributed by atoms with E-state index in [1.165, 1.54) is 0 Å². The third-order valence-electron chi connectivity index (χ3n) is 4.19. The van der Waals surface area contributed by atoms with E-state index in [4.69, 9.17) is 4.74 Å². The molecule has 0 unspecified atom stereocenters. The van der Waals surface area contributed by atoms with E-state index in [0.29, 0.717) is 18.6 Å². The Labute approximate surface area is 107 Å². The molecule has 0 N–H and O–H groups in total. The van der Waals surface area contributed by atoms with Crippen molar-refractivity contribution in [3.8, 4) is 5.75 Å². The predicted molar refractivity (Wildman–Crippen MR) is 68.4 cm³/mol. The largest absolute Gasteiger partial charge is 0.497 e. The molecule has 100 valence electrons. The number of benzene rings is 1. The monoisotopic (exact) mass is 254 g/mol. The Morgan fingerprint density at radius 3 is 2.06 bits per heavy atom. The summed E-state index contributed by atoms with van der Waals surface area (Å²) in [5, 5.41) is 0. The Morgan fingerprint density at radius 2 is 1.61 bits per heavy atom. The molecule has 0 spiro atoms. The van der Waals surface area contributed by atoms with Gasteiger partial charge in [0.25, 0.3) is 5.92 Å². The second-order valence-electron chi connectivity index (χ2n) is 5.26. The van der Waals surface area contributed by atoms with Crippen LogP contribution in [0.3, 0.4) is 0 Å².